The van der Waals surface area contributed by atoms with E-state index in [9.17, 15) is 16.8 Å². The average molecular weight is 680 g/mol. The number of benzene rings is 7. The van der Waals surface area contributed by atoms with Crippen molar-refractivity contribution < 1.29 is 16.8 Å². The van der Waals surface area contributed by atoms with Crippen LogP contribution in [0.1, 0.15) is 0 Å². The van der Waals surface area contributed by atoms with Crippen LogP contribution in [-0.2, 0) is 19.7 Å². The standard InChI is InChI=1S/C40H25NO4S3/c42-47(43)36-17-5-6-18-37(36)48(44,45)39-25-28(21-24-38(39)47)31-12-8-10-27-9-7-11-30(40(27)31)26-19-22-29(23-20-26)41-32-13-1-3-15-34(32)46-35-16-4-2-14-33(35)41/h1-25H. The van der Waals surface area contributed by atoms with Crippen LogP contribution in [0.15, 0.2) is 181 Å². The molecule has 2 aliphatic rings. The third-order valence-corrected chi connectivity index (χ3v) is 14.1. The normalized spacial score (nSPS) is 15.2. The van der Waals surface area contributed by atoms with E-state index in [0.29, 0.717) is 5.56 Å². The first-order valence-corrected chi connectivity index (χ1v) is 19.1. The molecule has 0 aliphatic carbocycles. The molecular weight excluding hydrogens is 655 g/mol. The van der Waals surface area contributed by atoms with E-state index in [4.69, 9.17) is 0 Å². The van der Waals surface area contributed by atoms with Crippen LogP contribution < -0.4 is 4.90 Å². The monoisotopic (exact) mass is 679 g/mol. The number of anilines is 3. The number of para-hydroxylation sites is 2. The highest BCUT2D eigenvalue weighted by atomic mass is 32.2. The van der Waals surface area contributed by atoms with E-state index in [2.05, 4.69) is 83.8 Å². The van der Waals surface area contributed by atoms with Crippen molar-refractivity contribution in [2.24, 2.45) is 0 Å². The zero-order valence-electron chi connectivity index (χ0n) is 25.2. The van der Waals surface area contributed by atoms with Crippen LogP contribution in [0.25, 0.3) is 33.0 Å². The Bertz CT molecular complexity index is 2630. The number of fused-ring (bicyclic) bond motifs is 5. The van der Waals surface area contributed by atoms with Gasteiger partial charge in [0.05, 0.1) is 31.0 Å². The molecule has 0 unspecified atom stereocenters. The Hall–Kier alpha value is -5.15. The Morgan fingerprint density at radius 1 is 0.438 bits per heavy atom. The fourth-order valence-corrected chi connectivity index (χ4v) is 12.0. The molecule has 2 aliphatic heterocycles. The minimum Gasteiger partial charge on any atom is -0.308 e. The first-order valence-electron chi connectivity index (χ1n) is 15.3. The smallest absolute Gasteiger partial charge is 0.209 e. The van der Waals surface area contributed by atoms with Crippen LogP contribution in [0, 0.1) is 0 Å². The Kier molecular flexibility index (Phi) is 6.46. The summed E-state index contributed by atoms with van der Waals surface area (Å²) in [6, 6.07) is 47.8. The SMILES string of the molecule is O=S1(=O)c2ccccc2S(=O)(=O)c2cc(-c3cccc4cccc(-c5ccc(N6c7ccccc7Sc7ccccc76)cc5)c34)ccc21. The first-order chi connectivity index (χ1) is 23.3. The molecule has 0 aromatic heterocycles. The van der Waals surface area contributed by atoms with Gasteiger partial charge in [-0.15, -0.1) is 0 Å². The number of hydrogen-bond donors (Lipinski definition) is 0. The summed E-state index contributed by atoms with van der Waals surface area (Å²) in [4.78, 5) is 3.92. The van der Waals surface area contributed by atoms with Gasteiger partial charge in [0.25, 0.3) is 0 Å². The molecule has 7 aromatic carbocycles. The fourth-order valence-electron chi connectivity index (χ4n) is 6.83. The second-order valence-electron chi connectivity index (χ2n) is 11.7. The Balaban J connectivity index is 1.18. The van der Waals surface area contributed by atoms with Crippen LogP contribution in [0.3, 0.4) is 0 Å². The van der Waals surface area contributed by atoms with Gasteiger partial charge in [0.2, 0.25) is 19.7 Å². The van der Waals surface area contributed by atoms with Crippen LogP contribution in [-0.4, -0.2) is 16.8 Å². The first kappa shape index (κ1) is 29.0. The summed E-state index contributed by atoms with van der Waals surface area (Å²) in [5, 5.41) is 1.94. The van der Waals surface area contributed by atoms with E-state index in [1.807, 2.05) is 30.3 Å². The lowest BCUT2D eigenvalue weighted by Crippen LogP contribution is -2.19. The third kappa shape index (κ3) is 4.30. The number of nitrogens with zero attached hydrogens (tertiary/aromatic N) is 1. The molecule has 0 fully saturated rings. The lowest BCUT2D eigenvalue weighted by atomic mass is 9.91. The average Bonchev–Trinajstić information content (AvgIpc) is 3.13. The van der Waals surface area contributed by atoms with Crippen molar-refractivity contribution in [3.05, 3.63) is 152 Å². The highest BCUT2D eigenvalue weighted by molar-refractivity contribution is 7.99. The largest absolute Gasteiger partial charge is 0.308 e. The molecule has 0 atom stereocenters. The molecule has 9 rings (SSSR count). The predicted molar refractivity (Wildman–Crippen MR) is 191 cm³/mol. The zero-order chi connectivity index (χ0) is 32.6. The maximum absolute atomic E-state index is 13.8. The van der Waals surface area contributed by atoms with Crippen LogP contribution in [0.4, 0.5) is 17.1 Å². The Labute approximate surface area is 283 Å². The minimum absolute atomic E-state index is 0.184. The van der Waals surface area contributed by atoms with E-state index in [0.717, 1.165) is 44.5 Å². The maximum atomic E-state index is 13.8. The molecule has 48 heavy (non-hydrogen) atoms. The Morgan fingerprint density at radius 2 is 0.938 bits per heavy atom. The maximum Gasteiger partial charge on any atom is 0.209 e. The van der Waals surface area contributed by atoms with Crippen molar-refractivity contribution in [3.8, 4) is 22.3 Å². The quantitative estimate of drug-likeness (QED) is 0.185. The van der Waals surface area contributed by atoms with Crippen molar-refractivity contribution in [3.63, 3.8) is 0 Å². The number of hydrogen-bond acceptors (Lipinski definition) is 6. The van der Waals surface area contributed by atoms with Gasteiger partial charge in [0, 0.05) is 15.5 Å². The predicted octanol–water partition coefficient (Wildman–Crippen LogP) is 10.1. The van der Waals surface area contributed by atoms with E-state index in [-0.39, 0.29) is 19.6 Å². The van der Waals surface area contributed by atoms with Gasteiger partial charge < -0.3 is 4.90 Å². The van der Waals surface area contributed by atoms with E-state index in [1.165, 1.54) is 34.1 Å². The summed E-state index contributed by atoms with van der Waals surface area (Å²) in [7, 11) is -8.06. The van der Waals surface area contributed by atoms with Crippen LogP contribution in [0.2, 0.25) is 0 Å². The molecule has 8 heteroatoms. The zero-order valence-corrected chi connectivity index (χ0v) is 27.7. The molecule has 0 spiro atoms. The molecule has 0 amide bonds. The molecule has 5 nitrogen and oxygen atoms in total. The van der Waals surface area contributed by atoms with Gasteiger partial charge in [-0.05, 0) is 93.7 Å². The highest BCUT2D eigenvalue weighted by Gasteiger charge is 2.39. The van der Waals surface area contributed by atoms with Crippen molar-refractivity contribution in [1.82, 2.24) is 0 Å². The molecule has 0 saturated heterocycles. The van der Waals surface area contributed by atoms with Crippen LogP contribution >= 0.6 is 11.8 Å². The van der Waals surface area contributed by atoms with Crippen molar-refractivity contribution >= 4 is 59.3 Å². The molecule has 7 aromatic rings. The minimum atomic E-state index is -4.06. The van der Waals surface area contributed by atoms with Gasteiger partial charge in [-0.25, -0.2) is 16.8 Å². The van der Waals surface area contributed by atoms with Crippen molar-refractivity contribution in [2.75, 3.05) is 4.90 Å². The molecule has 232 valence electrons. The molecule has 2 heterocycles. The van der Waals surface area contributed by atoms with Gasteiger partial charge in [-0.3, -0.25) is 0 Å². The second-order valence-corrected chi connectivity index (χ2v) is 16.6. The topological polar surface area (TPSA) is 71.5 Å². The van der Waals surface area contributed by atoms with E-state index < -0.39 is 19.7 Å². The van der Waals surface area contributed by atoms with Gasteiger partial charge in [0.1, 0.15) is 0 Å². The van der Waals surface area contributed by atoms with Gasteiger partial charge in [-0.2, -0.15) is 0 Å². The summed E-state index contributed by atoms with van der Waals surface area (Å²) < 4.78 is 54.5. The summed E-state index contributed by atoms with van der Waals surface area (Å²) >= 11 is 1.77. The molecule has 0 saturated carbocycles. The lowest BCUT2D eigenvalue weighted by molar-refractivity contribution is 0.570. The van der Waals surface area contributed by atoms with E-state index >= 15 is 0 Å². The summed E-state index contributed by atoms with van der Waals surface area (Å²) in [6.45, 7) is 0. The summed E-state index contributed by atoms with van der Waals surface area (Å²) in [5.41, 5.74) is 6.75. The lowest BCUT2D eigenvalue weighted by Gasteiger charge is -2.32. The summed E-state index contributed by atoms with van der Waals surface area (Å²) in [6.07, 6.45) is 0. The number of rotatable bonds is 3. The second kappa shape index (κ2) is 10.7. The van der Waals surface area contributed by atoms with Gasteiger partial charge in [-0.1, -0.05) is 103 Å². The molecular formula is C40H25NO4S3. The van der Waals surface area contributed by atoms with Crippen LogP contribution in [0.5, 0.6) is 0 Å². The van der Waals surface area contributed by atoms with E-state index in [1.54, 1.807) is 30.0 Å². The molecule has 0 N–H and O–H groups in total. The van der Waals surface area contributed by atoms with Gasteiger partial charge >= 0.3 is 0 Å². The summed E-state index contributed by atoms with van der Waals surface area (Å²) in [5.74, 6) is 0. The molecule has 0 radical (unpaired) electrons. The third-order valence-electron chi connectivity index (χ3n) is 9.04. The number of sulfone groups is 2. The van der Waals surface area contributed by atoms with Gasteiger partial charge in [0.15, 0.2) is 0 Å². The fraction of sp³-hybridized carbons (Fsp3) is 0. The van der Waals surface area contributed by atoms with Crippen molar-refractivity contribution in [2.45, 2.75) is 29.4 Å². The van der Waals surface area contributed by atoms with Crippen molar-refractivity contribution in [1.29, 1.82) is 0 Å². The Morgan fingerprint density at radius 3 is 1.56 bits per heavy atom. The molecule has 0 bridgehead atoms. The highest BCUT2D eigenvalue weighted by Crippen LogP contribution is 2.51.